The quantitative estimate of drug-likeness (QED) is 0.581. The molecule has 1 aromatic carbocycles. The van der Waals surface area contributed by atoms with Crippen LogP contribution in [-0.4, -0.2) is 11.0 Å². The van der Waals surface area contributed by atoms with E-state index in [1.165, 1.54) is 0 Å². The van der Waals surface area contributed by atoms with Gasteiger partial charge in [0.25, 0.3) is 5.91 Å². The lowest BCUT2D eigenvalue weighted by Crippen LogP contribution is -2.53. The third-order valence-electron chi connectivity index (χ3n) is 3.81. The molecule has 2 N–H and O–H groups in total. The largest absolute Gasteiger partial charge is 0.494 e. The maximum absolute atomic E-state index is 12.5. The smallest absolute Gasteiger partial charge is 0.296 e. The van der Waals surface area contributed by atoms with Gasteiger partial charge in [0.05, 0.1) is 5.92 Å². The van der Waals surface area contributed by atoms with E-state index in [2.05, 4.69) is 27.9 Å². The molecule has 0 aliphatic carbocycles. The van der Waals surface area contributed by atoms with E-state index in [9.17, 15) is 15.2 Å². The summed E-state index contributed by atoms with van der Waals surface area (Å²) in [4.78, 5) is 12.5. The second kappa shape index (κ2) is 6.38. The van der Waals surface area contributed by atoms with Crippen molar-refractivity contribution < 1.29 is 14.5 Å². The summed E-state index contributed by atoms with van der Waals surface area (Å²) < 4.78 is 2.69. The average Bonchev–Trinajstić information content (AvgIpc) is 2.55. The minimum absolute atomic E-state index is 0.162. The van der Waals surface area contributed by atoms with E-state index in [0.29, 0.717) is 0 Å². The van der Waals surface area contributed by atoms with Gasteiger partial charge in [0.2, 0.25) is 11.9 Å². The van der Waals surface area contributed by atoms with E-state index < -0.39 is 12.0 Å². The molecule has 23 heavy (non-hydrogen) atoms. The molecule has 0 bridgehead atoms. The average molecular weight is 418 g/mol. The van der Waals surface area contributed by atoms with Crippen LogP contribution in [0.2, 0.25) is 0 Å². The number of pyridine rings is 1. The van der Waals surface area contributed by atoms with Crippen LogP contribution >= 0.6 is 22.6 Å². The summed E-state index contributed by atoms with van der Waals surface area (Å²) in [5.41, 5.74) is 1.00. The zero-order valence-corrected chi connectivity index (χ0v) is 14.1. The maximum Gasteiger partial charge on any atom is 0.296 e. The van der Waals surface area contributed by atoms with Crippen molar-refractivity contribution in [3.8, 4) is 6.07 Å². The molecular formula is C17H13IN3O2+. The normalized spacial score (nSPS) is 20.8. The van der Waals surface area contributed by atoms with E-state index in [-0.39, 0.29) is 17.4 Å². The zero-order chi connectivity index (χ0) is 16.4. The van der Waals surface area contributed by atoms with Crippen LogP contribution in [-0.2, 0) is 4.79 Å². The summed E-state index contributed by atoms with van der Waals surface area (Å²) in [6, 6.07) is 14.5. The number of halogens is 1. The van der Waals surface area contributed by atoms with Gasteiger partial charge in [-0.2, -0.15) is 9.83 Å². The minimum atomic E-state index is -0.641. The Hall–Kier alpha value is -2.40. The van der Waals surface area contributed by atoms with Crippen LogP contribution in [0.4, 0.5) is 0 Å². The number of aliphatic hydroxyl groups is 1. The maximum atomic E-state index is 12.5. The Bertz CT molecular complexity index is 827. The monoisotopic (exact) mass is 418 g/mol. The number of nitrogens with one attached hydrogen (secondary N) is 1. The van der Waals surface area contributed by atoms with Crippen LogP contribution < -0.4 is 9.88 Å². The zero-order valence-electron chi connectivity index (χ0n) is 12.0. The fraction of sp³-hybridized carbons (Fsp3) is 0.118. The molecule has 1 amide bonds. The van der Waals surface area contributed by atoms with Crippen LogP contribution in [0.15, 0.2) is 66.3 Å². The minimum Gasteiger partial charge on any atom is -0.494 e. The number of benzene rings is 1. The topological polar surface area (TPSA) is 77.0 Å². The summed E-state index contributed by atoms with van der Waals surface area (Å²) in [6.07, 6.45) is 3.56. The highest BCUT2D eigenvalue weighted by Gasteiger charge is 2.46. The highest BCUT2D eigenvalue weighted by atomic mass is 127. The highest BCUT2D eigenvalue weighted by molar-refractivity contribution is 14.1. The fourth-order valence-corrected chi connectivity index (χ4v) is 3.52. The van der Waals surface area contributed by atoms with Crippen molar-refractivity contribution in [2.24, 2.45) is 0 Å². The van der Waals surface area contributed by atoms with Crippen molar-refractivity contribution in [1.29, 1.82) is 5.26 Å². The summed E-state index contributed by atoms with van der Waals surface area (Å²) >= 11 is 2.18. The number of aliphatic hydroxyl groups excluding tert-OH is 1. The van der Waals surface area contributed by atoms with Crippen molar-refractivity contribution in [3.63, 3.8) is 0 Å². The molecule has 1 aromatic heterocycles. The number of aromatic nitrogens is 1. The Labute approximate surface area is 147 Å². The predicted molar refractivity (Wildman–Crippen MR) is 91.0 cm³/mol. The first-order valence-corrected chi connectivity index (χ1v) is 8.05. The van der Waals surface area contributed by atoms with Crippen LogP contribution in [0.5, 0.6) is 0 Å². The molecular weight excluding hydrogens is 405 g/mol. The summed E-state index contributed by atoms with van der Waals surface area (Å²) in [5, 5.41) is 21.9. The van der Waals surface area contributed by atoms with Gasteiger partial charge in [0.1, 0.15) is 11.6 Å². The molecule has 0 spiro atoms. The van der Waals surface area contributed by atoms with Gasteiger partial charge < -0.3 is 5.11 Å². The second-order valence-corrected chi connectivity index (χ2v) is 6.29. The molecule has 0 saturated heterocycles. The van der Waals surface area contributed by atoms with E-state index in [0.717, 1.165) is 9.13 Å². The van der Waals surface area contributed by atoms with Gasteiger partial charge in [-0.3, -0.25) is 10.1 Å². The lowest BCUT2D eigenvalue weighted by Gasteiger charge is -2.27. The molecule has 0 radical (unpaired) electrons. The Balaban J connectivity index is 2.23. The first-order valence-electron chi connectivity index (χ1n) is 6.97. The molecule has 0 saturated carbocycles. The van der Waals surface area contributed by atoms with Crippen LogP contribution in [0.25, 0.3) is 0 Å². The molecule has 5 nitrogen and oxygen atoms in total. The van der Waals surface area contributed by atoms with Crippen LogP contribution in [0.3, 0.4) is 0 Å². The number of allylic oxidation sites excluding steroid dienone is 1. The Morgan fingerprint density at radius 3 is 2.52 bits per heavy atom. The molecule has 114 valence electrons. The predicted octanol–water partition coefficient (Wildman–Crippen LogP) is 2.33. The Morgan fingerprint density at radius 1 is 1.17 bits per heavy atom. The van der Waals surface area contributed by atoms with Gasteiger partial charge in [0.15, 0.2) is 12.4 Å². The Kier molecular flexibility index (Phi) is 4.30. The number of hydrogen-bond acceptors (Lipinski definition) is 3. The van der Waals surface area contributed by atoms with Gasteiger partial charge in [-0.15, -0.1) is 0 Å². The van der Waals surface area contributed by atoms with E-state index >= 15 is 0 Å². The standard InChI is InChI=1S/C17H12IN3O2/c18-13-7-3-2-6-11(13)14-12(10-19)16(22)20-17(23)15(14)21-8-4-1-5-9-21/h1-9,14-15H,(H-,20,22,23)/p+1/t14-,15+/m0/s1. The number of amides is 1. The van der Waals surface area contributed by atoms with Crippen molar-refractivity contribution >= 4 is 28.5 Å². The molecule has 6 heteroatoms. The summed E-state index contributed by atoms with van der Waals surface area (Å²) in [7, 11) is 0. The SMILES string of the molecule is N#CC1=C(O)NC(=O)[C@H]([n+]2ccccc2)[C@H]1c1ccccc1I. The number of hydrogen-bond donors (Lipinski definition) is 2. The van der Waals surface area contributed by atoms with E-state index in [1.807, 2.05) is 48.5 Å². The molecule has 1 aliphatic rings. The highest BCUT2D eigenvalue weighted by Crippen LogP contribution is 2.38. The fourth-order valence-electron chi connectivity index (χ4n) is 2.79. The Morgan fingerprint density at radius 2 is 1.87 bits per heavy atom. The molecule has 0 fully saturated rings. The molecule has 2 aromatic rings. The number of nitrogens with zero attached hydrogens (tertiary/aromatic N) is 2. The van der Waals surface area contributed by atoms with Gasteiger partial charge in [-0.1, -0.05) is 24.3 Å². The van der Waals surface area contributed by atoms with Gasteiger partial charge >= 0.3 is 0 Å². The third kappa shape index (κ3) is 2.80. The van der Waals surface area contributed by atoms with Crippen molar-refractivity contribution in [3.05, 3.63) is 75.4 Å². The van der Waals surface area contributed by atoms with Gasteiger partial charge in [-0.05, 0) is 34.2 Å². The van der Waals surface area contributed by atoms with Crippen molar-refractivity contribution in [2.45, 2.75) is 12.0 Å². The van der Waals surface area contributed by atoms with Crippen molar-refractivity contribution in [2.75, 3.05) is 0 Å². The lowest BCUT2D eigenvalue weighted by molar-refractivity contribution is -0.711. The molecule has 2 heterocycles. The number of nitriles is 1. The number of carbonyl (C=O) groups excluding carboxylic acids is 1. The number of rotatable bonds is 2. The molecule has 3 rings (SSSR count). The van der Waals surface area contributed by atoms with Gasteiger partial charge in [0, 0.05) is 15.7 Å². The molecule has 1 aliphatic heterocycles. The van der Waals surface area contributed by atoms with Crippen molar-refractivity contribution in [1.82, 2.24) is 5.32 Å². The summed E-state index contributed by atoms with van der Waals surface area (Å²) in [6.45, 7) is 0. The first kappa shape index (κ1) is 15.5. The lowest BCUT2D eigenvalue weighted by atomic mass is 9.82. The second-order valence-electron chi connectivity index (χ2n) is 5.13. The number of carbonyl (C=O) groups is 1. The van der Waals surface area contributed by atoms with E-state index in [4.69, 9.17) is 0 Å². The first-order chi connectivity index (χ1) is 11.1. The molecule has 2 atom stereocenters. The van der Waals surface area contributed by atoms with Crippen LogP contribution in [0, 0.1) is 14.9 Å². The molecule has 0 unspecified atom stereocenters. The summed E-state index contributed by atoms with van der Waals surface area (Å²) in [5.74, 6) is -1.26. The third-order valence-corrected chi connectivity index (χ3v) is 4.80. The van der Waals surface area contributed by atoms with Gasteiger partial charge in [-0.25, -0.2) is 0 Å². The van der Waals surface area contributed by atoms with Crippen LogP contribution in [0.1, 0.15) is 17.5 Å². The van der Waals surface area contributed by atoms with E-state index in [1.54, 1.807) is 17.0 Å².